The Bertz CT molecular complexity index is 1090. The first-order valence-corrected chi connectivity index (χ1v) is 11.1. The fraction of sp³-hybridized carbons (Fsp3) is 0.458. The Morgan fingerprint density at radius 1 is 1.25 bits per heavy atom. The van der Waals surface area contributed by atoms with E-state index in [1.807, 2.05) is 42.5 Å². The maximum Gasteiger partial charge on any atom is 0.312 e. The Labute approximate surface area is 185 Å². The van der Waals surface area contributed by atoms with Gasteiger partial charge >= 0.3 is 5.97 Å². The van der Waals surface area contributed by atoms with Crippen molar-refractivity contribution in [1.82, 2.24) is 4.90 Å². The summed E-state index contributed by atoms with van der Waals surface area (Å²) in [5, 5.41) is 14.6. The van der Waals surface area contributed by atoms with E-state index in [1.54, 1.807) is 6.92 Å². The van der Waals surface area contributed by atoms with Gasteiger partial charge in [0.1, 0.15) is 11.6 Å². The zero-order valence-electron chi connectivity index (χ0n) is 17.8. The lowest BCUT2D eigenvalue weighted by Gasteiger charge is -2.33. The monoisotopic (exact) mass is 438 g/mol. The predicted molar refractivity (Wildman–Crippen MR) is 116 cm³/mol. The van der Waals surface area contributed by atoms with Crippen LogP contribution in [0.3, 0.4) is 0 Å². The molecule has 0 saturated carbocycles. The lowest BCUT2D eigenvalue weighted by Crippen LogP contribution is -2.53. The molecular weight excluding hydrogens is 412 g/mol. The molecule has 3 heterocycles. The summed E-state index contributed by atoms with van der Waals surface area (Å²) in [6, 6.07) is 12.5. The van der Waals surface area contributed by atoms with E-state index >= 15 is 0 Å². The molecule has 5 atom stereocenters. The Morgan fingerprint density at radius 3 is 2.78 bits per heavy atom. The van der Waals surface area contributed by atoms with Gasteiger partial charge in [0, 0.05) is 12.2 Å². The van der Waals surface area contributed by atoms with Crippen molar-refractivity contribution >= 4 is 34.2 Å². The highest BCUT2D eigenvalue weighted by atomic mass is 16.6. The van der Waals surface area contributed by atoms with Crippen molar-refractivity contribution in [1.29, 1.82) is 0 Å². The molecule has 0 unspecified atom stereocenters. The maximum atomic E-state index is 13.5. The van der Waals surface area contributed by atoms with E-state index in [0.29, 0.717) is 18.5 Å². The minimum atomic E-state index is -1.09. The number of likely N-dealkylation sites (tertiary alicyclic amines) is 1. The van der Waals surface area contributed by atoms with E-state index in [9.17, 15) is 19.5 Å². The molecule has 32 heavy (non-hydrogen) atoms. The summed E-state index contributed by atoms with van der Waals surface area (Å²) < 4.78 is 11.5. The highest BCUT2D eigenvalue weighted by Crippen LogP contribution is 2.58. The number of β-amino-alcohol motifs (C(OH)–C–C–N with tert-alkyl or cyclic N) is 1. The number of carbonyl (C=O) groups excluding carboxylic acids is 3. The third-order valence-electron chi connectivity index (χ3n) is 6.97. The van der Waals surface area contributed by atoms with Gasteiger partial charge in [-0.25, -0.2) is 0 Å². The number of esters is 1. The minimum absolute atomic E-state index is 0.00351. The van der Waals surface area contributed by atoms with Gasteiger partial charge in [-0.15, -0.1) is 0 Å². The summed E-state index contributed by atoms with van der Waals surface area (Å²) in [5.41, 5.74) is -0.477. The van der Waals surface area contributed by atoms with Crippen LogP contribution in [0.5, 0.6) is 0 Å². The molecule has 0 radical (unpaired) electrons. The van der Waals surface area contributed by atoms with Crippen LogP contribution in [-0.2, 0) is 23.9 Å². The van der Waals surface area contributed by atoms with Crippen LogP contribution in [0.2, 0.25) is 0 Å². The molecule has 8 nitrogen and oxygen atoms in total. The fourth-order valence-corrected chi connectivity index (χ4v) is 5.79. The second kappa shape index (κ2) is 7.86. The molecule has 168 valence electrons. The van der Waals surface area contributed by atoms with Crippen molar-refractivity contribution in [3.05, 3.63) is 42.5 Å². The number of hydrogen-bond donors (Lipinski definition) is 2. The Hall–Kier alpha value is -2.97. The van der Waals surface area contributed by atoms with Crippen molar-refractivity contribution in [2.24, 2.45) is 11.8 Å². The van der Waals surface area contributed by atoms with Crippen LogP contribution in [0.4, 0.5) is 5.69 Å². The number of amides is 2. The Kier molecular flexibility index (Phi) is 5.14. The molecule has 3 saturated heterocycles. The molecule has 1 spiro atoms. The molecule has 2 bridgehead atoms. The molecule has 3 aliphatic rings. The molecule has 0 aliphatic carbocycles. The number of aliphatic hydroxyl groups excluding tert-OH is 1. The first-order chi connectivity index (χ1) is 15.5. The lowest BCUT2D eigenvalue weighted by atomic mass is 9.71. The summed E-state index contributed by atoms with van der Waals surface area (Å²) in [6.45, 7) is 1.64. The second-order valence-electron chi connectivity index (χ2n) is 8.61. The number of carbonyl (C=O) groups is 3. The van der Waals surface area contributed by atoms with Gasteiger partial charge in [0.2, 0.25) is 11.8 Å². The average molecular weight is 438 g/mol. The Balaban J connectivity index is 1.48. The lowest BCUT2D eigenvalue weighted by molar-refractivity contribution is -0.154. The third kappa shape index (κ3) is 3.01. The SMILES string of the molecule is CCOC(=O)[C@@H]1[C@H]2C(=O)N(CCO)[C@H](C(=O)Nc3ccc4ccccc4c3)[C@]23CC[C@H]1O3. The summed E-state index contributed by atoms with van der Waals surface area (Å²) in [6.07, 6.45) is 0.650. The van der Waals surface area contributed by atoms with Gasteiger partial charge in [0.15, 0.2) is 0 Å². The van der Waals surface area contributed by atoms with Gasteiger partial charge in [0.25, 0.3) is 0 Å². The summed E-state index contributed by atoms with van der Waals surface area (Å²) in [7, 11) is 0. The fourth-order valence-electron chi connectivity index (χ4n) is 5.79. The molecule has 8 heteroatoms. The number of fused-ring (bicyclic) bond motifs is 2. The van der Waals surface area contributed by atoms with Gasteiger partial charge in [-0.3, -0.25) is 14.4 Å². The van der Waals surface area contributed by atoms with Gasteiger partial charge < -0.3 is 24.8 Å². The summed E-state index contributed by atoms with van der Waals surface area (Å²) >= 11 is 0. The van der Waals surface area contributed by atoms with E-state index in [4.69, 9.17) is 9.47 Å². The van der Waals surface area contributed by atoms with E-state index < -0.39 is 35.6 Å². The van der Waals surface area contributed by atoms with Crippen LogP contribution in [0.25, 0.3) is 10.8 Å². The minimum Gasteiger partial charge on any atom is -0.466 e. The topological polar surface area (TPSA) is 105 Å². The van der Waals surface area contributed by atoms with Gasteiger partial charge in [-0.2, -0.15) is 0 Å². The number of anilines is 1. The smallest absolute Gasteiger partial charge is 0.312 e. The number of benzene rings is 2. The molecule has 2 N–H and O–H groups in total. The van der Waals surface area contributed by atoms with Crippen LogP contribution in [0.15, 0.2) is 42.5 Å². The number of aliphatic hydroxyl groups is 1. The van der Waals surface area contributed by atoms with E-state index in [1.165, 1.54) is 4.90 Å². The van der Waals surface area contributed by atoms with Gasteiger partial charge in [0.05, 0.1) is 31.2 Å². The van der Waals surface area contributed by atoms with Crippen LogP contribution >= 0.6 is 0 Å². The van der Waals surface area contributed by atoms with Gasteiger partial charge in [-0.05, 0) is 42.7 Å². The van der Waals surface area contributed by atoms with Crippen LogP contribution in [0, 0.1) is 11.8 Å². The van der Waals surface area contributed by atoms with E-state index in [2.05, 4.69) is 5.32 Å². The molecule has 3 aliphatic heterocycles. The van der Waals surface area contributed by atoms with E-state index in [-0.39, 0.29) is 31.6 Å². The largest absolute Gasteiger partial charge is 0.466 e. The molecule has 2 aromatic rings. The molecule has 5 rings (SSSR count). The van der Waals surface area contributed by atoms with Crippen LogP contribution in [-0.4, -0.2) is 65.3 Å². The number of hydrogen-bond acceptors (Lipinski definition) is 6. The predicted octanol–water partition coefficient (Wildman–Crippen LogP) is 1.71. The standard InChI is InChI=1S/C24H26N2O6/c1-2-31-23(30)18-17-9-10-24(32-17)19(18)22(29)26(11-12-27)20(24)21(28)25-16-8-7-14-5-3-4-6-15(14)13-16/h3-8,13,17-20,27H,2,9-12H2,1H3,(H,25,28)/t17-,18+,19+,20-,24+/m1/s1. The van der Waals surface area contributed by atoms with Crippen molar-refractivity contribution < 1.29 is 29.0 Å². The molecular formula is C24H26N2O6. The van der Waals surface area contributed by atoms with E-state index in [0.717, 1.165) is 10.8 Å². The highest BCUT2D eigenvalue weighted by Gasteiger charge is 2.74. The molecule has 2 amide bonds. The van der Waals surface area contributed by atoms with Crippen molar-refractivity contribution in [2.45, 2.75) is 37.5 Å². The average Bonchev–Trinajstić information content (AvgIpc) is 3.42. The summed E-state index contributed by atoms with van der Waals surface area (Å²) in [4.78, 5) is 40.9. The first kappa shape index (κ1) is 20.9. The normalized spacial score (nSPS) is 30.6. The quantitative estimate of drug-likeness (QED) is 0.666. The Morgan fingerprint density at radius 2 is 2.03 bits per heavy atom. The van der Waals surface area contributed by atoms with Crippen molar-refractivity contribution in [3.63, 3.8) is 0 Å². The zero-order valence-corrected chi connectivity index (χ0v) is 17.8. The summed E-state index contributed by atoms with van der Waals surface area (Å²) in [5.74, 6) is -2.68. The van der Waals surface area contributed by atoms with Crippen molar-refractivity contribution in [3.8, 4) is 0 Å². The maximum absolute atomic E-state index is 13.5. The number of ether oxygens (including phenoxy) is 2. The second-order valence-corrected chi connectivity index (χ2v) is 8.61. The van der Waals surface area contributed by atoms with Crippen LogP contribution in [0.1, 0.15) is 19.8 Å². The zero-order chi connectivity index (χ0) is 22.5. The van der Waals surface area contributed by atoms with Crippen molar-refractivity contribution in [2.75, 3.05) is 25.1 Å². The number of nitrogens with zero attached hydrogens (tertiary/aromatic N) is 1. The van der Waals surface area contributed by atoms with Crippen LogP contribution < -0.4 is 5.32 Å². The molecule has 0 aromatic heterocycles. The van der Waals surface area contributed by atoms with Gasteiger partial charge in [-0.1, -0.05) is 30.3 Å². The number of rotatable bonds is 6. The molecule has 2 aromatic carbocycles. The third-order valence-corrected chi connectivity index (χ3v) is 6.97. The first-order valence-electron chi connectivity index (χ1n) is 11.1. The molecule has 3 fully saturated rings. The highest BCUT2D eigenvalue weighted by molar-refractivity contribution is 6.04. The number of nitrogens with one attached hydrogen (secondary N) is 1.